The van der Waals surface area contributed by atoms with Crippen LogP contribution in [-0.2, 0) is 23.6 Å². The number of carbonyl (C=O) groups excluding carboxylic acids is 1. The second-order valence-corrected chi connectivity index (χ2v) is 6.15. The van der Waals surface area contributed by atoms with E-state index in [1.165, 1.54) is 30.1 Å². The van der Waals surface area contributed by atoms with Gasteiger partial charge in [0, 0.05) is 32.4 Å². The van der Waals surface area contributed by atoms with Crippen LogP contribution in [0.2, 0.25) is 0 Å². The van der Waals surface area contributed by atoms with Crippen LogP contribution in [0.25, 0.3) is 0 Å². The number of nitrogens with zero attached hydrogens (tertiary/aromatic N) is 2. The maximum atomic E-state index is 12.2. The molecule has 0 bridgehead atoms. The Morgan fingerprint density at radius 1 is 1.52 bits per heavy atom. The van der Waals surface area contributed by atoms with Gasteiger partial charge in [0.1, 0.15) is 16.4 Å². The summed E-state index contributed by atoms with van der Waals surface area (Å²) in [6.45, 7) is 0.00880. The largest absolute Gasteiger partial charge is 0.384 e. The van der Waals surface area contributed by atoms with Gasteiger partial charge in [0.2, 0.25) is 10.0 Å². The molecule has 10 heteroatoms. The predicted molar refractivity (Wildman–Crippen MR) is 75.8 cm³/mol. The highest BCUT2D eigenvalue weighted by Gasteiger charge is 2.20. The summed E-state index contributed by atoms with van der Waals surface area (Å²) in [5.74, 6) is -0.0603. The van der Waals surface area contributed by atoms with E-state index < -0.39 is 10.0 Å². The van der Waals surface area contributed by atoms with E-state index in [1.807, 2.05) is 0 Å². The van der Waals surface area contributed by atoms with Crippen LogP contribution in [0.5, 0.6) is 0 Å². The SMILES string of the molecule is CNC(=O)c1cc(S(=O)(=O)NCc2cn[nH]c2N)cn1C. The number of H-pyrrole nitrogens is 1. The van der Waals surface area contributed by atoms with Crippen molar-refractivity contribution >= 4 is 21.7 Å². The molecule has 21 heavy (non-hydrogen) atoms. The quantitative estimate of drug-likeness (QED) is 0.571. The Morgan fingerprint density at radius 3 is 2.81 bits per heavy atom. The zero-order valence-electron chi connectivity index (χ0n) is 11.5. The van der Waals surface area contributed by atoms with Crippen molar-refractivity contribution in [3.8, 4) is 0 Å². The Bertz CT molecular complexity index is 761. The highest BCUT2D eigenvalue weighted by Crippen LogP contribution is 2.14. The van der Waals surface area contributed by atoms with Crippen LogP contribution in [0, 0.1) is 0 Å². The van der Waals surface area contributed by atoms with E-state index in [9.17, 15) is 13.2 Å². The molecule has 0 aliphatic heterocycles. The first kappa shape index (κ1) is 15.1. The molecule has 0 unspecified atom stereocenters. The third-order valence-electron chi connectivity index (χ3n) is 2.95. The van der Waals surface area contributed by atoms with Gasteiger partial charge in [-0.2, -0.15) is 5.10 Å². The van der Waals surface area contributed by atoms with Gasteiger partial charge in [-0.15, -0.1) is 0 Å². The molecule has 2 rings (SSSR count). The van der Waals surface area contributed by atoms with E-state index >= 15 is 0 Å². The summed E-state index contributed by atoms with van der Waals surface area (Å²) < 4.78 is 28.2. The third-order valence-corrected chi connectivity index (χ3v) is 4.32. The van der Waals surface area contributed by atoms with Crippen LogP contribution in [0.4, 0.5) is 5.82 Å². The summed E-state index contributed by atoms with van der Waals surface area (Å²) in [6.07, 6.45) is 2.81. The first-order valence-electron chi connectivity index (χ1n) is 6.01. The van der Waals surface area contributed by atoms with Crippen LogP contribution < -0.4 is 15.8 Å². The van der Waals surface area contributed by atoms with Crippen LogP contribution in [-0.4, -0.2) is 36.1 Å². The van der Waals surface area contributed by atoms with Crippen molar-refractivity contribution in [3.63, 3.8) is 0 Å². The smallest absolute Gasteiger partial charge is 0.267 e. The number of aryl methyl sites for hydroxylation is 1. The molecule has 9 nitrogen and oxygen atoms in total. The molecule has 2 aromatic rings. The second-order valence-electron chi connectivity index (χ2n) is 4.38. The average Bonchev–Trinajstić information content (AvgIpc) is 3.02. The number of sulfonamides is 1. The van der Waals surface area contributed by atoms with Gasteiger partial charge in [-0.1, -0.05) is 0 Å². The van der Waals surface area contributed by atoms with E-state index in [1.54, 1.807) is 7.05 Å². The van der Waals surface area contributed by atoms with Crippen molar-refractivity contribution in [2.45, 2.75) is 11.4 Å². The number of carbonyl (C=O) groups is 1. The Morgan fingerprint density at radius 2 is 2.24 bits per heavy atom. The van der Waals surface area contributed by atoms with Gasteiger partial charge in [-0.25, -0.2) is 13.1 Å². The lowest BCUT2D eigenvalue weighted by Crippen LogP contribution is -2.23. The Labute approximate surface area is 121 Å². The fourth-order valence-corrected chi connectivity index (χ4v) is 2.83. The molecule has 0 aliphatic rings. The molecule has 2 heterocycles. The monoisotopic (exact) mass is 312 g/mol. The maximum Gasteiger partial charge on any atom is 0.267 e. The van der Waals surface area contributed by atoms with E-state index in [-0.39, 0.29) is 23.0 Å². The number of aromatic amines is 1. The van der Waals surface area contributed by atoms with Crippen LogP contribution in [0.15, 0.2) is 23.4 Å². The molecule has 0 saturated carbocycles. The van der Waals surface area contributed by atoms with Crippen molar-refractivity contribution in [1.82, 2.24) is 24.8 Å². The Hall–Kier alpha value is -2.33. The number of nitrogens with two attached hydrogens (primary N) is 1. The number of rotatable bonds is 5. The fraction of sp³-hybridized carbons (Fsp3) is 0.273. The molecule has 0 saturated heterocycles. The maximum absolute atomic E-state index is 12.2. The van der Waals surface area contributed by atoms with Crippen molar-refractivity contribution < 1.29 is 13.2 Å². The lowest BCUT2D eigenvalue weighted by molar-refractivity contribution is 0.0955. The lowest BCUT2D eigenvalue weighted by atomic mass is 10.3. The topological polar surface area (TPSA) is 135 Å². The van der Waals surface area contributed by atoms with Crippen molar-refractivity contribution in [1.29, 1.82) is 0 Å². The molecule has 0 aliphatic carbocycles. The van der Waals surface area contributed by atoms with Crippen LogP contribution in [0.3, 0.4) is 0 Å². The van der Waals surface area contributed by atoms with Crippen LogP contribution in [0.1, 0.15) is 16.1 Å². The Kier molecular flexibility index (Phi) is 4.00. The average molecular weight is 312 g/mol. The number of aromatic nitrogens is 3. The summed E-state index contributed by atoms with van der Waals surface area (Å²) >= 11 is 0. The molecular weight excluding hydrogens is 296 g/mol. The molecule has 1 amide bonds. The van der Waals surface area contributed by atoms with E-state index in [0.717, 1.165) is 0 Å². The zero-order chi connectivity index (χ0) is 15.6. The summed E-state index contributed by atoms with van der Waals surface area (Å²) in [5.41, 5.74) is 6.38. The highest BCUT2D eigenvalue weighted by molar-refractivity contribution is 7.89. The summed E-state index contributed by atoms with van der Waals surface area (Å²) in [6, 6.07) is 1.31. The first-order chi connectivity index (χ1) is 9.85. The zero-order valence-corrected chi connectivity index (χ0v) is 12.4. The van der Waals surface area contributed by atoms with Gasteiger partial charge in [0.15, 0.2) is 0 Å². The minimum atomic E-state index is -3.74. The number of hydrogen-bond acceptors (Lipinski definition) is 5. The molecule has 0 atom stereocenters. The molecular formula is C11H16N6O3S. The molecule has 0 spiro atoms. The van der Waals surface area contributed by atoms with Gasteiger partial charge in [0.25, 0.3) is 5.91 Å². The Balaban J connectivity index is 2.20. The minimum Gasteiger partial charge on any atom is -0.384 e. The molecule has 0 radical (unpaired) electrons. The molecule has 0 aromatic carbocycles. The van der Waals surface area contributed by atoms with Crippen molar-refractivity contribution in [2.75, 3.05) is 12.8 Å². The first-order valence-corrected chi connectivity index (χ1v) is 7.49. The van der Waals surface area contributed by atoms with Gasteiger partial charge in [0.05, 0.1) is 6.20 Å². The number of hydrogen-bond donors (Lipinski definition) is 4. The van der Waals surface area contributed by atoms with Gasteiger partial charge < -0.3 is 15.6 Å². The van der Waals surface area contributed by atoms with E-state index in [4.69, 9.17) is 5.73 Å². The third kappa shape index (κ3) is 3.06. The molecule has 2 aromatic heterocycles. The molecule has 114 valence electrons. The summed E-state index contributed by atoms with van der Waals surface area (Å²) in [5, 5.41) is 8.67. The van der Waals surface area contributed by atoms with Gasteiger partial charge in [-0.05, 0) is 6.07 Å². The normalized spacial score (nSPS) is 11.5. The predicted octanol–water partition coefficient (Wildman–Crippen LogP) is -0.831. The standard InChI is InChI=1S/C11H16N6O3S/c1-13-11(18)9-3-8(6-17(9)2)21(19,20)15-5-7-4-14-16-10(7)12/h3-4,6,15H,5H2,1-2H3,(H,13,18)(H3,12,14,16). The van der Waals surface area contributed by atoms with Crippen LogP contribution >= 0.6 is 0 Å². The van der Waals surface area contributed by atoms with E-state index in [2.05, 4.69) is 20.2 Å². The number of anilines is 1. The van der Waals surface area contributed by atoms with Crippen molar-refractivity contribution in [3.05, 3.63) is 29.7 Å². The minimum absolute atomic E-state index is 0.00525. The number of amides is 1. The van der Waals surface area contributed by atoms with Gasteiger partial charge >= 0.3 is 0 Å². The van der Waals surface area contributed by atoms with E-state index in [0.29, 0.717) is 11.4 Å². The lowest BCUT2D eigenvalue weighted by Gasteiger charge is -2.03. The number of nitrogen functional groups attached to an aromatic ring is 1. The number of nitrogens with one attached hydrogen (secondary N) is 3. The summed E-state index contributed by atoms with van der Waals surface area (Å²) in [7, 11) is -0.674. The molecule has 5 N–H and O–H groups in total. The van der Waals surface area contributed by atoms with Crippen molar-refractivity contribution in [2.24, 2.45) is 7.05 Å². The summed E-state index contributed by atoms with van der Waals surface area (Å²) in [4.78, 5) is 11.6. The second kappa shape index (κ2) is 5.58. The fourth-order valence-electron chi connectivity index (χ4n) is 1.75. The van der Waals surface area contributed by atoms with Gasteiger partial charge in [-0.3, -0.25) is 9.89 Å². The highest BCUT2D eigenvalue weighted by atomic mass is 32.2. The molecule has 0 fully saturated rings.